The first kappa shape index (κ1) is 21.9. The third-order valence-corrected chi connectivity index (χ3v) is 5.43. The van der Waals surface area contributed by atoms with Crippen molar-refractivity contribution in [2.45, 2.75) is 0 Å². The van der Waals surface area contributed by atoms with E-state index in [1.165, 1.54) is 6.20 Å². The fourth-order valence-corrected chi connectivity index (χ4v) is 3.59. The standard InChI is InChI=1S/C24H23N7O2/c25-10-11-30-12-14-31(15-13-30)24(33)18-8-6-17(7-9-18)20-16-27-22(26)21(29-20)23(32)28-19-4-2-1-3-5-19/h1-9,16H,11-15H2,(H2,26,27)(H,28,32). The minimum Gasteiger partial charge on any atom is -0.382 e. The van der Waals surface area contributed by atoms with Gasteiger partial charge in [0.05, 0.1) is 24.5 Å². The monoisotopic (exact) mass is 441 g/mol. The Morgan fingerprint density at radius 3 is 2.39 bits per heavy atom. The van der Waals surface area contributed by atoms with Crippen LogP contribution in [0.15, 0.2) is 60.8 Å². The second kappa shape index (κ2) is 9.89. The smallest absolute Gasteiger partial charge is 0.278 e. The summed E-state index contributed by atoms with van der Waals surface area (Å²) in [4.78, 5) is 37.8. The molecule has 1 aliphatic rings. The Labute approximate surface area is 191 Å². The fraction of sp³-hybridized carbons (Fsp3) is 0.208. The Hall–Kier alpha value is -4.29. The number of rotatable bonds is 5. The van der Waals surface area contributed by atoms with Crippen molar-refractivity contribution >= 4 is 23.3 Å². The van der Waals surface area contributed by atoms with E-state index in [0.717, 1.165) is 0 Å². The fourth-order valence-electron chi connectivity index (χ4n) is 3.59. The lowest BCUT2D eigenvalue weighted by atomic mass is 10.1. The van der Waals surface area contributed by atoms with E-state index in [-0.39, 0.29) is 17.4 Å². The van der Waals surface area contributed by atoms with Gasteiger partial charge in [0.2, 0.25) is 0 Å². The van der Waals surface area contributed by atoms with Crippen LogP contribution in [0.5, 0.6) is 0 Å². The van der Waals surface area contributed by atoms with E-state index in [4.69, 9.17) is 11.0 Å². The number of hydrogen-bond donors (Lipinski definition) is 2. The van der Waals surface area contributed by atoms with Gasteiger partial charge in [-0.25, -0.2) is 9.97 Å². The van der Waals surface area contributed by atoms with Crippen LogP contribution in [0.4, 0.5) is 11.5 Å². The lowest BCUT2D eigenvalue weighted by molar-refractivity contribution is 0.0651. The van der Waals surface area contributed by atoms with Gasteiger partial charge in [-0.2, -0.15) is 5.26 Å². The van der Waals surface area contributed by atoms with Gasteiger partial charge in [-0.1, -0.05) is 30.3 Å². The van der Waals surface area contributed by atoms with Gasteiger partial charge in [0.1, 0.15) is 0 Å². The first-order valence-corrected chi connectivity index (χ1v) is 10.5. The van der Waals surface area contributed by atoms with Gasteiger partial charge in [0.25, 0.3) is 11.8 Å². The van der Waals surface area contributed by atoms with Crippen molar-refractivity contribution in [1.82, 2.24) is 19.8 Å². The molecule has 1 fully saturated rings. The van der Waals surface area contributed by atoms with Crippen LogP contribution in [-0.4, -0.2) is 64.3 Å². The molecule has 9 nitrogen and oxygen atoms in total. The van der Waals surface area contributed by atoms with E-state index in [1.807, 2.05) is 23.1 Å². The second-order valence-electron chi connectivity index (χ2n) is 7.61. The van der Waals surface area contributed by atoms with Crippen LogP contribution in [0.2, 0.25) is 0 Å². The SMILES string of the molecule is N#CCN1CCN(C(=O)c2ccc(-c3cnc(N)c(C(=O)Nc4ccccc4)n3)cc2)CC1. The van der Waals surface area contributed by atoms with Gasteiger partial charge in [0, 0.05) is 43.0 Å². The summed E-state index contributed by atoms with van der Waals surface area (Å²) in [5.41, 5.74) is 8.32. The molecule has 0 atom stereocenters. The average molecular weight is 441 g/mol. The minimum absolute atomic E-state index is 0.0340. The molecule has 1 saturated heterocycles. The highest BCUT2D eigenvalue weighted by atomic mass is 16.2. The largest absolute Gasteiger partial charge is 0.382 e. The molecule has 0 unspecified atom stereocenters. The number of aromatic nitrogens is 2. The predicted octanol–water partition coefficient (Wildman–Crippen LogP) is 2.26. The zero-order valence-electron chi connectivity index (χ0n) is 17.9. The summed E-state index contributed by atoms with van der Waals surface area (Å²) in [7, 11) is 0. The van der Waals surface area contributed by atoms with Crippen LogP contribution in [-0.2, 0) is 0 Å². The Kier molecular flexibility index (Phi) is 6.57. The number of carbonyl (C=O) groups excluding carboxylic acids is 2. The van der Waals surface area contributed by atoms with Crippen molar-refractivity contribution in [1.29, 1.82) is 5.26 Å². The Bertz CT molecular complexity index is 1180. The Morgan fingerprint density at radius 1 is 1.03 bits per heavy atom. The van der Waals surface area contributed by atoms with E-state index in [2.05, 4.69) is 21.4 Å². The van der Waals surface area contributed by atoms with E-state index in [1.54, 1.807) is 41.3 Å². The van der Waals surface area contributed by atoms with E-state index in [9.17, 15) is 9.59 Å². The maximum Gasteiger partial charge on any atom is 0.278 e. The van der Waals surface area contributed by atoms with Crippen LogP contribution >= 0.6 is 0 Å². The summed E-state index contributed by atoms with van der Waals surface area (Å²) in [6.45, 7) is 2.93. The van der Waals surface area contributed by atoms with Crippen molar-refractivity contribution in [2.75, 3.05) is 43.8 Å². The molecular formula is C24H23N7O2. The van der Waals surface area contributed by atoms with Crippen molar-refractivity contribution in [3.63, 3.8) is 0 Å². The topological polar surface area (TPSA) is 128 Å². The van der Waals surface area contributed by atoms with E-state index >= 15 is 0 Å². The molecule has 1 aliphatic heterocycles. The summed E-state index contributed by atoms with van der Waals surface area (Å²) in [6, 6.07) is 18.2. The quantitative estimate of drug-likeness (QED) is 0.581. The summed E-state index contributed by atoms with van der Waals surface area (Å²) in [5, 5.41) is 11.6. The molecule has 2 amide bonds. The molecular weight excluding hydrogens is 418 g/mol. The maximum absolute atomic E-state index is 12.8. The second-order valence-corrected chi connectivity index (χ2v) is 7.61. The number of piperazine rings is 1. The number of nitrogens with two attached hydrogens (primary N) is 1. The summed E-state index contributed by atoms with van der Waals surface area (Å²) in [6.07, 6.45) is 1.50. The Morgan fingerprint density at radius 2 is 1.73 bits per heavy atom. The molecule has 33 heavy (non-hydrogen) atoms. The van der Waals surface area contributed by atoms with Gasteiger partial charge in [-0.05, 0) is 24.3 Å². The highest BCUT2D eigenvalue weighted by Gasteiger charge is 2.22. The number of nitrogens with one attached hydrogen (secondary N) is 1. The molecule has 3 N–H and O–H groups in total. The van der Waals surface area contributed by atoms with Crippen LogP contribution in [0.3, 0.4) is 0 Å². The molecule has 0 bridgehead atoms. The number of anilines is 2. The zero-order chi connectivity index (χ0) is 23.2. The third kappa shape index (κ3) is 5.14. The van der Waals surface area contributed by atoms with Gasteiger partial charge in [-0.3, -0.25) is 14.5 Å². The van der Waals surface area contributed by atoms with Gasteiger partial charge < -0.3 is 16.0 Å². The number of benzene rings is 2. The highest BCUT2D eigenvalue weighted by Crippen LogP contribution is 2.21. The first-order valence-electron chi connectivity index (χ1n) is 10.5. The maximum atomic E-state index is 12.8. The van der Waals surface area contributed by atoms with Crippen molar-refractivity contribution in [3.05, 3.63) is 72.1 Å². The number of nitrogen functional groups attached to an aromatic ring is 1. The number of carbonyl (C=O) groups is 2. The molecule has 9 heteroatoms. The van der Waals surface area contributed by atoms with Crippen LogP contribution in [0.25, 0.3) is 11.3 Å². The normalized spacial score (nSPS) is 13.8. The summed E-state index contributed by atoms with van der Waals surface area (Å²) < 4.78 is 0. The summed E-state index contributed by atoms with van der Waals surface area (Å²) in [5.74, 6) is -0.464. The lowest BCUT2D eigenvalue weighted by Gasteiger charge is -2.33. The minimum atomic E-state index is -0.449. The predicted molar refractivity (Wildman–Crippen MR) is 124 cm³/mol. The molecule has 1 aromatic heterocycles. The number of para-hydroxylation sites is 1. The van der Waals surface area contributed by atoms with Gasteiger partial charge in [0.15, 0.2) is 11.5 Å². The highest BCUT2D eigenvalue weighted by molar-refractivity contribution is 6.06. The van der Waals surface area contributed by atoms with Crippen LogP contribution in [0, 0.1) is 11.3 Å². The molecule has 0 saturated carbocycles. The van der Waals surface area contributed by atoms with Crippen molar-refractivity contribution in [2.24, 2.45) is 0 Å². The molecule has 0 radical (unpaired) electrons. The number of amides is 2. The van der Waals surface area contributed by atoms with Crippen molar-refractivity contribution < 1.29 is 9.59 Å². The third-order valence-electron chi connectivity index (χ3n) is 5.43. The molecule has 0 aliphatic carbocycles. The first-order chi connectivity index (χ1) is 16.0. The van der Waals surface area contributed by atoms with E-state index in [0.29, 0.717) is 55.2 Å². The number of nitriles is 1. The van der Waals surface area contributed by atoms with E-state index < -0.39 is 5.91 Å². The van der Waals surface area contributed by atoms with Crippen LogP contribution in [0.1, 0.15) is 20.8 Å². The van der Waals surface area contributed by atoms with Crippen molar-refractivity contribution in [3.8, 4) is 17.3 Å². The molecule has 166 valence electrons. The molecule has 2 aromatic carbocycles. The number of nitrogens with zero attached hydrogens (tertiary/aromatic N) is 5. The molecule has 0 spiro atoms. The average Bonchev–Trinajstić information content (AvgIpc) is 2.85. The molecule has 3 aromatic rings. The molecule has 4 rings (SSSR count). The molecule has 2 heterocycles. The summed E-state index contributed by atoms with van der Waals surface area (Å²) >= 11 is 0. The van der Waals surface area contributed by atoms with Gasteiger partial charge >= 0.3 is 0 Å². The van der Waals surface area contributed by atoms with Gasteiger partial charge in [-0.15, -0.1) is 0 Å². The lowest BCUT2D eigenvalue weighted by Crippen LogP contribution is -2.48. The Balaban J connectivity index is 1.47. The number of hydrogen-bond acceptors (Lipinski definition) is 7. The van der Waals surface area contributed by atoms with Crippen LogP contribution < -0.4 is 11.1 Å². The zero-order valence-corrected chi connectivity index (χ0v) is 17.9.